The molecule has 6 heteroatoms. The van der Waals surface area contributed by atoms with Gasteiger partial charge in [-0.05, 0) is 60.3 Å². The van der Waals surface area contributed by atoms with Gasteiger partial charge in [-0.1, -0.05) is 164 Å². The summed E-state index contributed by atoms with van der Waals surface area (Å²) in [7, 11) is 0. The first-order valence-electron chi connectivity index (χ1n) is 18.6. The molecule has 0 saturated heterocycles. The van der Waals surface area contributed by atoms with Crippen LogP contribution in [0.25, 0.3) is 0 Å². The van der Waals surface area contributed by atoms with Gasteiger partial charge in [0.25, 0.3) is 0 Å². The van der Waals surface area contributed by atoms with Crippen LogP contribution in [0.15, 0.2) is 0 Å². The summed E-state index contributed by atoms with van der Waals surface area (Å²) in [6, 6.07) is 0.398. The third-order valence-corrected chi connectivity index (χ3v) is 9.41. The summed E-state index contributed by atoms with van der Waals surface area (Å²) in [5.74, 6) is 5.35. The molecular weight excluding hydrogens is 556 g/mol. The van der Waals surface area contributed by atoms with E-state index in [1.54, 1.807) is 0 Å². The molecule has 0 aromatic carbocycles. The van der Waals surface area contributed by atoms with E-state index in [1.165, 1.54) is 25.7 Å². The Hall–Kier alpha value is -1.14. The number of nitrogens with two attached hydrogens (primary N) is 4. The van der Waals surface area contributed by atoms with Crippen molar-refractivity contribution in [2.75, 3.05) is 6.54 Å². The zero-order valence-electron chi connectivity index (χ0n) is 34.4. The highest BCUT2D eigenvalue weighted by atomic mass is 16.1. The summed E-state index contributed by atoms with van der Waals surface area (Å²) >= 11 is 0. The summed E-state index contributed by atoms with van der Waals surface area (Å²) in [5, 5.41) is 0. The van der Waals surface area contributed by atoms with Crippen LogP contribution < -0.4 is 22.9 Å². The van der Waals surface area contributed by atoms with E-state index >= 15 is 0 Å². The molecule has 0 aromatic heterocycles. The topological polar surface area (TPSA) is 138 Å². The molecular formula is C39H90N4O2. The maximum atomic E-state index is 11.0. The van der Waals surface area contributed by atoms with Crippen LogP contribution in [0, 0.1) is 59.2 Å². The van der Waals surface area contributed by atoms with Crippen molar-refractivity contribution in [3.05, 3.63) is 0 Å². The summed E-state index contributed by atoms with van der Waals surface area (Å²) < 4.78 is 0. The Balaban J connectivity index is -0.000000105. The maximum absolute atomic E-state index is 11.0. The summed E-state index contributed by atoms with van der Waals surface area (Å²) in [6.07, 6.45) is 6.89. The van der Waals surface area contributed by atoms with Crippen LogP contribution >= 0.6 is 0 Å². The second kappa shape index (κ2) is 37.3. The number of primary amides is 2. The Morgan fingerprint density at radius 2 is 0.800 bits per heavy atom. The largest absolute Gasteiger partial charge is 0.369 e. The molecule has 278 valence electrons. The molecule has 0 bridgehead atoms. The average molecular weight is 647 g/mol. The van der Waals surface area contributed by atoms with Crippen LogP contribution in [0.1, 0.15) is 170 Å². The number of rotatable bonds is 14. The first-order valence-corrected chi connectivity index (χ1v) is 18.6. The van der Waals surface area contributed by atoms with Crippen molar-refractivity contribution in [1.82, 2.24) is 0 Å². The van der Waals surface area contributed by atoms with Gasteiger partial charge in [0.2, 0.25) is 11.8 Å². The minimum absolute atomic E-state index is 0.0417. The van der Waals surface area contributed by atoms with E-state index in [9.17, 15) is 9.59 Å². The van der Waals surface area contributed by atoms with Crippen molar-refractivity contribution < 1.29 is 9.59 Å². The van der Waals surface area contributed by atoms with Gasteiger partial charge in [0.05, 0.1) is 0 Å². The molecule has 0 aliphatic rings. The molecule has 0 rings (SSSR count). The standard InChI is InChI=1S/C9H19NO.C9H21N.C9H20.C5H11NO.C5H12.C2H7N/c1-5-7(4)8(6(2)3)9(10)11;1-5-7(3)9(10)8(4)6-2;1-6-8(4)9(5)7(2)3;1-3-4(2)5(6)7;1-4-5(2)3;1-2-3/h6-8H,5H2,1-4H3,(H2,10,11);7-9H,5-6,10H2,1-4H3;7-9H,6H2,1-5H3;4H,3H2,1-2H3,(H2,6,7);5H,4H2,1-3H3;2-3H2,1H3. The molecule has 6 nitrogen and oxygen atoms in total. The molecule has 0 aliphatic carbocycles. The fourth-order valence-electron chi connectivity index (χ4n) is 3.86. The van der Waals surface area contributed by atoms with Gasteiger partial charge in [-0.25, -0.2) is 0 Å². The number of amides is 2. The Kier molecular flexibility index (Phi) is 46.6. The lowest BCUT2D eigenvalue weighted by Crippen LogP contribution is -2.34. The molecule has 7 unspecified atom stereocenters. The Morgan fingerprint density at radius 3 is 0.889 bits per heavy atom. The summed E-state index contributed by atoms with van der Waals surface area (Å²) in [5.41, 5.74) is 21.0. The van der Waals surface area contributed by atoms with Gasteiger partial charge in [0, 0.05) is 17.9 Å². The third-order valence-electron chi connectivity index (χ3n) is 9.41. The Bertz CT molecular complexity index is 600. The van der Waals surface area contributed by atoms with E-state index in [0.717, 1.165) is 43.1 Å². The van der Waals surface area contributed by atoms with Crippen molar-refractivity contribution in [3.63, 3.8) is 0 Å². The van der Waals surface area contributed by atoms with Gasteiger partial charge >= 0.3 is 0 Å². The molecule has 45 heavy (non-hydrogen) atoms. The average Bonchev–Trinajstić information content (AvgIpc) is 2.99. The molecule has 0 saturated carbocycles. The molecule has 0 heterocycles. The minimum atomic E-state index is -0.206. The second-order valence-corrected chi connectivity index (χ2v) is 14.3. The third kappa shape index (κ3) is 39.0. The predicted molar refractivity (Wildman–Crippen MR) is 206 cm³/mol. The monoisotopic (exact) mass is 647 g/mol. The second-order valence-electron chi connectivity index (χ2n) is 14.3. The zero-order chi connectivity index (χ0) is 37.5. The number of carbonyl (C=O) groups excluding carboxylic acids is 2. The maximum Gasteiger partial charge on any atom is 0.221 e. The first-order chi connectivity index (χ1) is 20.6. The number of hydrogen-bond acceptors (Lipinski definition) is 4. The zero-order valence-corrected chi connectivity index (χ0v) is 34.4. The van der Waals surface area contributed by atoms with Crippen LogP contribution in [0.5, 0.6) is 0 Å². The van der Waals surface area contributed by atoms with Gasteiger partial charge in [-0.15, -0.1) is 0 Å². The van der Waals surface area contributed by atoms with E-state index in [-0.39, 0.29) is 23.7 Å². The number of hydrogen-bond donors (Lipinski definition) is 4. The van der Waals surface area contributed by atoms with Crippen molar-refractivity contribution in [2.24, 2.45) is 82.1 Å². The van der Waals surface area contributed by atoms with E-state index in [0.29, 0.717) is 29.7 Å². The molecule has 0 spiro atoms. The Morgan fingerprint density at radius 1 is 0.489 bits per heavy atom. The normalized spacial score (nSPS) is 15.6. The smallest absolute Gasteiger partial charge is 0.221 e. The van der Waals surface area contributed by atoms with Crippen molar-refractivity contribution in [1.29, 1.82) is 0 Å². The van der Waals surface area contributed by atoms with Crippen LogP contribution in [0.4, 0.5) is 0 Å². The van der Waals surface area contributed by atoms with Gasteiger partial charge in [0.15, 0.2) is 0 Å². The molecule has 2 amide bonds. The van der Waals surface area contributed by atoms with Gasteiger partial charge in [0.1, 0.15) is 0 Å². The highest BCUT2D eigenvalue weighted by Crippen LogP contribution is 2.23. The van der Waals surface area contributed by atoms with Crippen molar-refractivity contribution in [2.45, 2.75) is 176 Å². The lowest BCUT2D eigenvalue weighted by molar-refractivity contribution is -0.125. The predicted octanol–water partition coefficient (Wildman–Crippen LogP) is 10.1. The van der Waals surface area contributed by atoms with Gasteiger partial charge in [-0.3, -0.25) is 9.59 Å². The van der Waals surface area contributed by atoms with Crippen molar-refractivity contribution in [3.8, 4) is 0 Å². The van der Waals surface area contributed by atoms with E-state index < -0.39 is 0 Å². The van der Waals surface area contributed by atoms with E-state index in [2.05, 4.69) is 96.9 Å². The molecule has 0 fully saturated rings. The van der Waals surface area contributed by atoms with Crippen LogP contribution in [-0.2, 0) is 9.59 Å². The number of carbonyl (C=O) groups is 2. The molecule has 0 radical (unpaired) electrons. The fourth-order valence-corrected chi connectivity index (χ4v) is 3.86. The van der Waals surface area contributed by atoms with Crippen LogP contribution in [-0.4, -0.2) is 24.4 Å². The first kappa shape index (κ1) is 56.2. The van der Waals surface area contributed by atoms with E-state index in [1.807, 2.05) is 34.6 Å². The van der Waals surface area contributed by atoms with Crippen LogP contribution in [0.2, 0.25) is 0 Å². The molecule has 8 N–H and O–H groups in total. The van der Waals surface area contributed by atoms with Crippen molar-refractivity contribution >= 4 is 11.8 Å². The Labute approximate surface area is 285 Å². The summed E-state index contributed by atoms with van der Waals surface area (Å²) in [4.78, 5) is 21.1. The van der Waals surface area contributed by atoms with Gasteiger partial charge < -0.3 is 22.9 Å². The SMILES string of the molecule is CCC(C)C.CCC(C)C(C(N)=O)C(C)C.CCC(C)C(C)C(C)C.CCC(C)C(N)=O.CCC(C)C(N)C(C)CC.CCN. The fraction of sp³-hybridized carbons (Fsp3) is 0.949. The molecule has 0 aliphatic heterocycles. The lowest BCUT2D eigenvalue weighted by Gasteiger charge is -2.23. The molecule has 7 atom stereocenters. The highest BCUT2D eigenvalue weighted by Gasteiger charge is 2.24. The summed E-state index contributed by atoms with van der Waals surface area (Å²) in [6.45, 7) is 41.7. The lowest BCUT2D eigenvalue weighted by atomic mass is 9.82. The van der Waals surface area contributed by atoms with E-state index in [4.69, 9.17) is 22.9 Å². The van der Waals surface area contributed by atoms with Crippen LogP contribution in [0.3, 0.4) is 0 Å². The minimum Gasteiger partial charge on any atom is -0.369 e. The highest BCUT2D eigenvalue weighted by molar-refractivity contribution is 5.77. The van der Waals surface area contributed by atoms with Gasteiger partial charge in [-0.2, -0.15) is 0 Å². The quantitative estimate of drug-likeness (QED) is 0.149. The molecule has 0 aromatic rings.